The number of likely N-dealkylation sites (N-methyl/N-ethyl adjacent to an activating group) is 1. The molecule has 0 unspecified atom stereocenters. The molecule has 8 nitrogen and oxygen atoms in total. The largest absolute Gasteiger partial charge is 0.325 e. The lowest BCUT2D eigenvalue weighted by Gasteiger charge is -2.23. The van der Waals surface area contributed by atoms with Gasteiger partial charge in [-0.3, -0.25) is 14.5 Å². The van der Waals surface area contributed by atoms with E-state index >= 15 is 0 Å². The second-order valence-corrected chi connectivity index (χ2v) is 10.4. The minimum Gasteiger partial charge on any atom is -0.325 e. The quantitative estimate of drug-likeness (QED) is 0.615. The minimum absolute atomic E-state index is 0.0506. The molecule has 0 bridgehead atoms. The lowest BCUT2D eigenvalue weighted by Crippen LogP contribution is -2.43. The predicted octanol–water partition coefficient (Wildman–Crippen LogP) is 2.99. The van der Waals surface area contributed by atoms with Crippen LogP contribution in [0.3, 0.4) is 0 Å². The number of rotatable bonds is 8. The van der Waals surface area contributed by atoms with Gasteiger partial charge in [0.2, 0.25) is 21.8 Å². The average molecular weight is 473 g/mol. The third-order valence-electron chi connectivity index (χ3n) is 6.14. The molecule has 2 aromatic carbocycles. The number of benzene rings is 2. The summed E-state index contributed by atoms with van der Waals surface area (Å²) in [4.78, 5) is 27.0. The Labute approximate surface area is 196 Å². The smallest absolute Gasteiger partial charge is 0.243 e. The topological polar surface area (TPSA) is 98.8 Å². The van der Waals surface area contributed by atoms with Gasteiger partial charge in [0.15, 0.2) is 0 Å². The van der Waals surface area contributed by atoms with Crippen LogP contribution in [0.15, 0.2) is 47.4 Å². The molecule has 2 amide bonds. The Kier molecular flexibility index (Phi) is 7.88. The highest BCUT2D eigenvalue weighted by atomic mass is 32.2. The molecular formula is C24H32N4O4S. The van der Waals surface area contributed by atoms with Gasteiger partial charge < -0.3 is 10.6 Å². The van der Waals surface area contributed by atoms with Crippen molar-refractivity contribution in [2.75, 3.05) is 37.3 Å². The van der Waals surface area contributed by atoms with Crippen molar-refractivity contribution < 1.29 is 18.0 Å². The van der Waals surface area contributed by atoms with Crippen LogP contribution >= 0.6 is 0 Å². The maximum absolute atomic E-state index is 12.7. The monoisotopic (exact) mass is 472 g/mol. The van der Waals surface area contributed by atoms with Crippen LogP contribution in [0.2, 0.25) is 0 Å². The highest BCUT2D eigenvalue weighted by Crippen LogP contribution is 2.22. The molecule has 1 aliphatic rings. The van der Waals surface area contributed by atoms with Gasteiger partial charge in [0, 0.05) is 24.5 Å². The van der Waals surface area contributed by atoms with E-state index in [2.05, 4.69) is 10.6 Å². The van der Waals surface area contributed by atoms with E-state index in [0.717, 1.165) is 29.7 Å². The summed E-state index contributed by atoms with van der Waals surface area (Å²) in [6.45, 7) is 6.79. The van der Waals surface area contributed by atoms with Crippen LogP contribution in [0.25, 0.3) is 0 Å². The average Bonchev–Trinajstić information content (AvgIpc) is 3.32. The van der Waals surface area contributed by atoms with Gasteiger partial charge in [0.1, 0.15) is 0 Å². The fraction of sp³-hybridized carbons (Fsp3) is 0.417. The molecule has 1 heterocycles. The van der Waals surface area contributed by atoms with Crippen molar-refractivity contribution in [1.82, 2.24) is 9.21 Å². The molecule has 0 spiro atoms. The number of nitrogens with zero attached hydrogens (tertiary/aromatic N) is 2. The highest BCUT2D eigenvalue weighted by molar-refractivity contribution is 7.89. The van der Waals surface area contributed by atoms with E-state index in [9.17, 15) is 18.0 Å². The summed E-state index contributed by atoms with van der Waals surface area (Å²) in [5, 5.41) is 5.69. The van der Waals surface area contributed by atoms with E-state index in [1.54, 1.807) is 31.0 Å². The minimum atomic E-state index is -3.49. The van der Waals surface area contributed by atoms with E-state index in [4.69, 9.17) is 0 Å². The molecule has 0 aliphatic carbocycles. The summed E-state index contributed by atoms with van der Waals surface area (Å²) in [6.07, 6.45) is 1.75. The Bertz CT molecular complexity index is 1110. The van der Waals surface area contributed by atoms with Crippen molar-refractivity contribution in [3.05, 3.63) is 53.6 Å². The normalized spacial score (nSPS) is 15.4. The molecule has 1 atom stereocenters. The van der Waals surface area contributed by atoms with Crippen molar-refractivity contribution in [2.45, 2.75) is 44.6 Å². The predicted molar refractivity (Wildman–Crippen MR) is 130 cm³/mol. The van der Waals surface area contributed by atoms with Gasteiger partial charge in [-0.05, 0) is 82.1 Å². The summed E-state index contributed by atoms with van der Waals surface area (Å²) in [5.41, 5.74) is 3.36. The highest BCUT2D eigenvalue weighted by Gasteiger charge is 2.27. The molecule has 33 heavy (non-hydrogen) atoms. The summed E-state index contributed by atoms with van der Waals surface area (Å²) in [5.74, 6) is -0.491. The number of amides is 2. The van der Waals surface area contributed by atoms with Gasteiger partial charge in [-0.15, -0.1) is 0 Å². The van der Waals surface area contributed by atoms with Crippen LogP contribution in [0.5, 0.6) is 0 Å². The van der Waals surface area contributed by atoms with Crippen LogP contribution in [-0.4, -0.2) is 62.2 Å². The Balaban J connectivity index is 1.56. The number of aryl methyl sites for hydroxylation is 1. The molecule has 1 saturated heterocycles. The molecule has 2 N–H and O–H groups in total. The number of carbonyl (C=O) groups excluding carboxylic acids is 2. The second kappa shape index (κ2) is 10.5. The second-order valence-electron chi connectivity index (χ2n) is 8.51. The van der Waals surface area contributed by atoms with Crippen LogP contribution in [-0.2, 0) is 19.6 Å². The maximum Gasteiger partial charge on any atom is 0.243 e. The zero-order valence-corrected chi connectivity index (χ0v) is 20.4. The van der Waals surface area contributed by atoms with E-state index in [-0.39, 0.29) is 23.3 Å². The lowest BCUT2D eigenvalue weighted by atomic mass is 10.1. The van der Waals surface area contributed by atoms with Crippen molar-refractivity contribution in [1.29, 1.82) is 0 Å². The maximum atomic E-state index is 12.7. The first-order valence-corrected chi connectivity index (χ1v) is 12.5. The molecular weight excluding hydrogens is 440 g/mol. The Morgan fingerprint density at radius 3 is 2.30 bits per heavy atom. The van der Waals surface area contributed by atoms with Crippen LogP contribution in [0.1, 0.15) is 30.9 Å². The summed E-state index contributed by atoms with van der Waals surface area (Å²) in [6, 6.07) is 11.3. The first-order chi connectivity index (χ1) is 15.6. The van der Waals surface area contributed by atoms with Gasteiger partial charge in [0.25, 0.3) is 0 Å². The molecule has 0 aromatic heterocycles. The van der Waals surface area contributed by atoms with Gasteiger partial charge in [-0.1, -0.05) is 12.1 Å². The van der Waals surface area contributed by atoms with Gasteiger partial charge >= 0.3 is 0 Å². The zero-order valence-electron chi connectivity index (χ0n) is 19.6. The summed E-state index contributed by atoms with van der Waals surface area (Å²) < 4.78 is 26.8. The van der Waals surface area contributed by atoms with Crippen molar-refractivity contribution in [2.24, 2.45) is 0 Å². The summed E-state index contributed by atoms with van der Waals surface area (Å²) >= 11 is 0. The summed E-state index contributed by atoms with van der Waals surface area (Å²) in [7, 11) is -1.78. The van der Waals surface area contributed by atoms with Crippen LogP contribution in [0, 0.1) is 13.8 Å². The van der Waals surface area contributed by atoms with Crippen molar-refractivity contribution in [3.8, 4) is 0 Å². The first-order valence-electron chi connectivity index (χ1n) is 11.1. The molecule has 1 aliphatic heterocycles. The van der Waals surface area contributed by atoms with E-state index in [0.29, 0.717) is 18.8 Å². The number of nitrogens with one attached hydrogen (secondary N) is 2. The molecule has 9 heteroatoms. The molecule has 178 valence electrons. The standard InChI is InChI=1S/C24H32N4O4S/c1-17-8-7-9-22(18(17)2)26-23(29)16-27(4)19(3)24(30)25-20-10-12-21(13-11-20)33(31,32)28-14-5-6-15-28/h7-13,19H,5-6,14-16H2,1-4H3,(H,25,30)(H,26,29)/t19-/m0/s1. The Morgan fingerprint density at radius 1 is 1.03 bits per heavy atom. The molecule has 2 aromatic rings. The van der Waals surface area contributed by atoms with E-state index in [1.807, 2.05) is 32.0 Å². The van der Waals surface area contributed by atoms with Crippen molar-refractivity contribution in [3.63, 3.8) is 0 Å². The zero-order chi connectivity index (χ0) is 24.2. The molecule has 0 radical (unpaired) electrons. The number of carbonyl (C=O) groups is 2. The molecule has 0 saturated carbocycles. The van der Waals surface area contributed by atoms with Crippen LogP contribution in [0.4, 0.5) is 11.4 Å². The molecule has 3 rings (SSSR count). The third-order valence-corrected chi connectivity index (χ3v) is 8.05. The first kappa shape index (κ1) is 24.9. The van der Waals surface area contributed by atoms with Gasteiger partial charge in [-0.2, -0.15) is 4.31 Å². The number of anilines is 2. The van der Waals surface area contributed by atoms with Crippen LogP contribution < -0.4 is 10.6 Å². The SMILES string of the molecule is Cc1cccc(NC(=O)CN(C)[C@@H](C)C(=O)Nc2ccc(S(=O)(=O)N3CCCC3)cc2)c1C. The number of hydrogen-bond donors (Lipinski definition) is 2. The number of sulfonamides is 1. The molecule has 1 fully saturated rings. The van der Waals surface area contributed by atoms with Gasteiger partial charge in [0.05, 0.1) is 17.5 Å². The lowest BCUT2D eigenvalue weighted by molar-refractivity contribution is -0.122. The Hall–Kier alpha value is -2.75. The Morgan fingerprint density at radius 2 is 1.67 bits per heavy atom. The number of hydrogen-bond acceptors (Lipinski definition) is 5. The van der Waals surface area contributed by atoms with E-state index < -0.39 is 16.1 Å². The van der Waals surface area contributed by atoms with E-state index in [1.165, 1.54) is 16.4 Å². The fourth-order valence-electron chi connectivity index (χ4n) is 3.67. The fourth-order valence-corrected chi connectivity index (χ4v) is 5.19. The van der Waals surface area contributed by atoms with Crippen molar-refractivity contribution >= 4 is 33.2 Å². The third kappa shape index (κ3) is 5.98. The van der Waals surface area contributed by atoms with Gasteiger partial charge in [-0.25, -0.2) is 8.42 Å².